The molecule has 3 aromatic carbocycles. The molecule has 3 rings (SSSR count). The molecule has 3 aromatic rings. The average molecular weight is 401 g/mol. The molecule has 30 heavy (non-hydrogen) atoms. The van der Waals surface area contributed by atoms with Crippen LogP contribution in [0.1, 0.15) is 69.1 Å². The number of unbranched alkanes of at least 4 members (excludes halogenated alkanes) is 1. The predicted octanol–water partition coefficient (Wildman–Crippen LogP) is 7.07. The Bertz CT molecular complexity index is 986. The molecule has 0 aliphatic rings. The molecule has 0 radical (unpaired) electrons. The Morgan fingerprint density at radius 3 is 1.87 bits per heavy atom. The minimum Gasteiger partial charge on any atom is -0.422 e. The second-order valence-corrected chi connectivity index (χ2v) is 8.30. The van der Waals surface area contributed by atoms with E-state index in [0.29, 0.717) is 11.3 Å². The number of ether oxygens (including phenoxy) is 1. The van der Waals surface area contributed by atoms with E-state index in [0.717, 1.165) is 24.0 Å². The normalized spacial score (nSPS) is 10.8. The standard InChI is InChI=1S/C28H32O2/c1-6-7-13-26-19(2)14-23(15-20(26)3)18-24-16-21(4)27(22(5)17-24)30-28(29)25-11-9-8-10-12-25/h8-12,14-17H,6-7,13,18H2,1-5H3. The number of carbonyl (C=O) groups excluding carboxylic acids is 1. The van der Waals surface area contributed by atoms with E-state index < -0.39 is 0 Å². The summed E-state index contributed by atoms with van der Waals surface area (Å²) < 4.78 is 5.72. The van der Waals surface area contributed by atoms with Gasteiger partial charge in [-0.25, -0.2) is 4.79 Å². The Balaban J connectivity index is 1.79. The molecule has 0 heterocycles. The molecule has 2 heteroatoms. The van der Waals surface area contributed by atoms with Crippen molar-refractivity contribution in [2.75, 3.05) is 0 Å². The van der Waals surface area contributed by atoms with Crippen LogP contribution in [0.2, 0.25) is 0 Å². The molecule has 2 nitrogen and oxygen atoms in total. The molecule has 0 bridgehead atoms. The molecule has 0 fully saturated rings. The maximum atomic E-state index is 12.5. The van der Waals surface area contributed by atoms with Crippen molar-refractivity contribution in [1.29, 1.82) is 0 Å². The summed E-state index contributed by atoms with van der Waals surface area (Å²) in [5.74, 6) is 0.346. The van der Waals surface area contributed by atoms with Crippen LogP contribution in [0.5, 0.6) is 5.75 Å². The van der Waals surface area contributed by atoms with Crippen molar-refractivity contribution in [3.8, 4) is 5.75 Å². The summed E-state index contributed by atoms with van der Waals surface area (Å²) in [6, 6.07) is 18.0. The maximum Gasteiger partial charge on any atom is 0.343 e. The van der Waals surface area contributed by atoms with Gasteiger partial charge in [-0.3, -0.25) is 0 Å². The maximum absolute atomic E-state index is 12.5. The number of rotatable bonds is 7. The Hall–Kier alpha value is -2.87. The Labute approximate surface area is 180 Å². The van der Waals surface area contributed by atoms with Gasteiger partial charge in [-0.2, -0.15) is 0 Å². The molecule has 0 atom stereocenters. The van der Waals surface area contributed by atoms with E-state index >= 15 is 0 Å². The van der Waals surface area contributed by atoms with Crippen molar-refractivity contribution in [2.24, 2.45) is 0 Å². The number of esters is 1. The number of benzene rings is 3. The van der Waals surface area contributed by atoms with Crippen LogP contribution in [0, 0.1) is 27.7 Å². The first kappa shape index (κ1) is 21.8. The highest BCUT2D eigenvalue weighted by molar-refractivity contribution is 5.91. The average Bonchev–Trinajstić information content (AvgIpc) is 2.70. The van der Waals surface area contributed by atoms with Crippen LogP contribution in [0.15, 0.2) is 54.6 Å². The third-order valence-electron chi connectivity index (χ3n) is 5.67. The Morgan fingerprint density at radius 1 is 0.800 bits per heavy atom. The molecule has 0 aromatic heterocycles. The van der Waals surface area contributed by atoms with Crippen LogP contribution >= 0.6 is 0 Å². The molecule has 0 aliphatic heterocycles. The molecule has 0 saturated heterocycles. The van der Waals surface area contributed by atoms with Crippen LogP contribution in [0.4, 0.5) is 0 Å². The smallest absolute Gasteiger partial charge is 0.343 e. The fourth-order valence-corrected chi connectivity index (χ4v) is 4.20. The number of hydrogen-bond acceptors (Lipinski definition) is 2. The van der Waals surface area contributed by atoms with Gasteiger partial charge < -0.3 is 4.74 Å². The minimum atomic E-state index is -0.316. The van der Waals surface area contributed by atoms with E-state index in [1.165, 1.54) is 40.7 Å². The van der Waals surface area contributed by atoms with Crippen molar-refractivity contribution in [1.82, 2.24) is 0 Å². The quantitative estimate of drug-likeness (QED) is 0.313. The van der Waals surface area contributed by atoms with Gasteiger partial charge in [0.1, 0.15) is 5.75 Å². The zero-order chi connectivity index (χ0) is 21.7. The summed E-state index contributed by atoms with van der Waals surface area (Å²) in [4.78, 5) is 12.5. The topological polar surface area (TPSA) is 26.3 Å². The highest BCUT2D eigenvalue weighted by atomic mass is 16.5. The summed E-state index contributed by atoms with van der Waals surface area (Å²) in [7, 11) is 0. The zero-order valence-corrected chi connectivity index (χ0v) is 18.8. The lowest BCUT2D eigenvalue weighted by atomic mass is 9.92. The van der Waals surface area contributed by atoms with E-state index in [9.17, 15) is 4.79 Å². The van der Waals surface area contributed by atoms with Gasteiger partial charge in [-0.1, -0.05) is 55.8 Å². The second-order valence-electron chi connectivity index (χ2n) is 8.30. The van der Waals surface area contributed by atoms with Gasteiger partial charge in [0.15, 0.2) is 0 Å². The molecule has 0 spiro atoms. The molecular weight excluding hydrogens is 368 g/mol. The van der Waals surface area contributed by atoms with E-state index in [-0.39, 0.29) is 5.97 Å². The van der Waals surface area contributed by atoms with Crippen LogP contribution < -0.4 is 4.74 Å². The third-order valence-corrected chi connectivity index (χ3v) is 5.67. The second kappa shape index (κ2) is 9.75. The fraction of sp³-hybridized carbons (Fsp3) is 0.321. The highest BCUT2D eigenvalue weighted by Crippen LogP contribution is 2.28. The minimum absolute atomic E-state index is 0.316. The van der Waals surface area contributed by atoms with Gasteiger partial charge in [0.25, 0.3) is 0 Å². The van der Waals surface area contributed by atoms with E-state index in [2.05, 4.69) is 45.0 Å². The summed E-state index contributed by atoms with van der Waals surface area (Å²) in [5, 5.41) is 0. The lowest BCUT2D eigenvalue weighted by molar-refractivity contribution is 0.0732. The summed E-state index contributed by atoms with van der Waals surface area (Å²) >= 11 is 0. The van der Waals surface area contributed by atoms with Crippen molar-refractivity contribution in [3.05, 3.63) is 99.1 Å². The monoisotopic (exact) mass is 400 g/mol. The highest BCUT2D eigenvalue weighted by Gasteiger charge is 2.14. The van der Waals surface area contributed by atoms with Crippen molar-refractivity contribution in [3.63, 3.8) is 0 Å². The molecule has 156 valence electrons. The summed E-state index contributed by atoms with van der Waals surface area (Å²) in [5.41, 5.74) is 9.39. The first-order valence-corrected chi connectivity index (χ1v) is 10.9. The first-order valence-electron chi connectivity index (χ1n) is 10.9. The molecule has 0 unspecified atom stereocenters. The van der Waals surface area contributed by atoms with Crippen LogP contribution in [0.3, 0.4) is 0 Å². The zero-order valence-electron chi connectivity index (χ0n) is 18.8. The van der Waals surface area contributed by atoms with Gasteiger partial charge in [-0.15, -0.1) is 0 Å². The van der Waals surface area contributed by atoms with Gasteiger partial charge in [-0.05, 0) is 98.0 Å². The van der Waals surface area contributed by atoms with Crippen molar-refractivity contribution >= 4 is 5.97 Å². The molecular formula is C28H32O2. The third kappa shape index (κ3) is 5.18. The molecule has 0 amide bonds. The predicted molar refractivity (Wildman–Crippen MR) is 125 cm³/mol. The van der Waals surface area contributed by atoms with Gasteiger partial charge >= 0.3 is 5.97 Å². The molecule has 0 N–H and O–H groups in total. The summed E-state index contributed by atoms with van der Waals surface area (Å²) in [6.07, 6.45) is 4.50. The Kier molecular flexibility index (Phi) is 7.10. The molecule has 0 saturated carbocycles. The van der Waals surface area contributed by atoms with E-state index in [4.69, 9.17) is 4.74 Å². The van der Waals surface area contributed by atoms with Crippen LogP contribution in [-0.4, -0.2) is 5.97 Å². The van der Waals surface area contributed by atoms with Gasteiger partial charge in [0, 0.05) is 0 Å². The first-order chi connectivity index (χ1) is 14.4. The lowest BCUT2D eigenvalue weighted by Crippen LogP contribution is -2.10. The number of hydrogen-bond donors (Lipinski definition) is 0. The van der Waals surface area contributed by atoms with Crippen LogP contribution in [-0.2, 0) is 12.8 Å². The number of aryl methyl sites for hydroxylation is 4. The summed E-state index contributed by atoms with van der Waals surface area (Å²) in [6.45, 7) is 10.7. The van der Waals surface area contributed by atoms with E-state index in [1.807, 2.05) is 32.0 Å². The molecule has 0 aliphatic carbocycles. The lowest BCUT2D eigenvalue weighted by Gasteiger charge is -2.15. The fourth-order valence-electron chi connectivity index (χ4n) is 4.20. The SMILES string of the molecule is CCCCc1c(C)cc(Cc2cc(C)c(OC(=O)c3ccccc3)c(C)c2)cc1C. The van der Waals surface area contributed by atoms with Gasteiger partial charge in [0.2, 0.25) is 0 Å². The largest absolute Gasteiger partial charge is 0.422 e. The van der Waals surface area contributed by atoms with Crippen LogP contribution in [0.25, 0.3) is 0 Å². The van der Waals surface area contributed by atoms with Gasteiger partial charge in [0.05, 0.1) is 5.56 Å². The van der Waals surface area contributed by atoms with Crippen molar-refractivity contribution < 1.29 is 9.53 Å². The Morgan fingerprint density at radius 2 is 1.33 bits per heavy atom. The van der Waals surface area contributed by atoms with Crippen molar-refractivity contribution in [2.45, 2.75) is 60.3 Å². The number of carbonyl (C=O) groups is 1. The van der Waals surface area contributed by atoms with E-state index in [1.54, 1.807) is 12.1 Å².